The van der Waals surface area contributed by atoms with Gasteiger partial charge in [0, 0.05) is 26.7 Å². The number of likely N-dealkylation sites (N-methyl/N-ethyl adjacent to an activating group) is 1. The van der Waals surface area contributed by atoms with Gasteiger partial charge in [-0.1, -0.05) is 13.8 Å². The van der Waals surface area contributed by atoms with Crippen molar-refractivity contribution in [2.24, 2.45) is 0 Å². The van der Waals surface area contributed by atoms with Crippen LogP contribution in [0, 0.1) is 0 Å². The van der Waals surface area contributed by atoms with Crippen LogP contribution < -0.4 is 0 Å². The minimum atomic E-state index is 0.0929. The molecule has 0 saturated carbocycles. The number of amides is 1. The zero-order valence-electron chi connectivity index (χ0n) is 10.4. The minimum absolute atomic E-state index is 0.0929. The third kappa shape index (κ3) is 5.14. The van der Waals surface area contributed by atoms with E-state index < -0.39 is 0 Å². The van der Waals surface area contributed by atoms with Gasteiger partial charge in [-0.3, -0.25) is 9.69 Å². The fourth-order valence-corrected chi connectivity index (χ4v) is 1.64. The molecule has 0 aromatic carbocycles. The molecule has 0 aromatic rings. The number of rotatable bonds is 7. The first-order chi connectivity index (χ1) is 7.06. The van der Waals surface area contributed by atoms with Gasteiger partial charge >= 0.3 is 0 Å². The number of nitrogens with zero attached hydrogens (tertiary/aromatic N) is 2. The van der Waals surface area contributed by atoms with Gasteiger partial charge in [0.15, 0.2) is 0 Å². The van der Waals surface area contributed by atoms with Gasteiger partial charge in [0.25, 0.3) is 0 Å². The van der Waals surface area contributed by atoms with Gasteiger partial charge in [-0.2, -0.15) is 0 Å². The normalized spacial score (nSPS) is 11.1. The van der Waals surface area contributed by atoms with Crippen LogP contribution in [0.4, 0.5) is 0 Å². The Morgan fingerprint density at radius 3 is 2.13 bits per heavy atom. The van der Waals surface area contributed by atoms with Crippen molar-refractivity contribution in [1.82, 2.24) is 9.80 Å². The number of carbonyl (C=O) groups is 1. The fourth-order valence-electron chi connectivity index (χ4n) is 1.64. The predicted molar refractivity (Wildman–Crippen MR) is 61.7 cm³/mol. The fraction of sp³-hybridized carbons (Fsp3) is 0.909. The van der Waals surface area contributed by atoms with E-state index in [9.17, 15) is 4.79 Å². The number of aliphatic hydroxyl groups is 1. The highest BCUT2D eigenvalue weighted by Gasteiger charge is 2.18. The number of carbonyl (C=O) groups excluding carboxylic acids is 1. The van der Waals surface area contributed by atoms with Crippen molar-refractivity contribution in [3.05, 3.63) is 0 Å². The highest BCUT2D eigenvalue weighted by Crippen LogP contribution is 2.08. The summed E-state index contributed by atoms with van der Waals surface area (Å²) in [6.45, 7) is 5.31. The Bertz CT molecular complexity index is 179. The topological polar surface area (TPSA) is 43.8 Å². The lowest BCUT2D eigenvalue weighted by molar-refractivity contribution is -0.130. The summed E-state index contributed by atoms with van der Waals surface area (Å²) in [7, 11) is 3.51. The summed E-state index contributed by atoms with van der Waals surface area (Å²) in [6, 6.07) is 0.390. The molecular formula is C11H24N2O2. The predicted octanol–water partition coefficient (Wildman–Crippen LogP) is 0.557. The molecule has 15 heavy (non-hydrogen) atoms. The largest absolute Gasteiger partial charge is 0.395 e. The lowest BCUT2D eigenvalue weighted by atomic mass is 10.1. The van der Waals surface area contributed by atoms with Crippen LogP contribution in [0.5, 0.6) is 0 Å². The van der Waals surface area contributed by atoms with E-state index in [-0.39, 0.29) is 12.5 Å². The molecule has 1 N–H and O–H groups in total. The minimum Gasteiger partial charge on any atom is -0.395 e. The third-order valence-corrected chi connectivity index (χ3v) is 2.68. The molecule has 0 bridgehead atoms. The summed E-state index contributed by atoms with van der Waals surface area (Å²) in [6.07, 6.45) is 2.02. The maximum absolute atomic E-state index is 11.6. The van der Waals surface area contributed by atoms with E-state index in [0.29, 0.717) is 19.1 Å². The molecule has 0 spiro atoms. The van der Waals surface area contributed by atoms with E-state index >= 15 is 0 Å². The monoisotopic (exact) mass is 216 g/mol. The molecule has 0 heterocycles. The van der Waals surface area contributed by atoms with Gasteiger partial charge in [0.1, 0.15) is 0 Å². The van der Waals surface area contributed by atoms with Gasteiger partial charge in [-0.25, -0.2) is 0 Å². The summed E-state index contributed by atoms with van der Waals surface area (Å²) < 4.78 is 0. The molecule has 4 heteroatoms. The molecule has 1 amide bonds. The van der Waals surface area contributed by atoms with Gasteiger partial charge in [-0.15, -0.1) is 0 Å². The molecular weight excluding hydrogens is 192 g/mol. The smallest absolute Gasteiger partial charge is 0.236 e. The molecule has 0 radical (unpaired) electrons. The lowest BCUT2D eigenvalue weighted by Crippen LogP contribution is -2.43. The van der Waals surface area contributed by atoms with Crippen LogP contribution in [-0.4, -0.2) is 60.6 Å². The van der Waals surface area contributed by atoms with Crippen LogP contribution in [0.2, 0.25) is 0 Å². The summed E-state index contributed by atoms with van der Waals surface area (Å²) in [4.78, 5) is 15.2. The second-order valence-electron chi connectivity index (χ2n) is 3.95. The Morgan fingerprint density at radius 2 is 1.80 bits per heavy atom. The van der Waals surface area contributed by atoms with Crippen molar-refractivity contribution in [2.45, 2.75) is 32.7 Å². The summed E-state index contributed by atoms with van der Waals surface area (Å²) in [5.74, 6) is 0.0929. The first kappa shape index (κ1) is 14.4. The molecule has 90 valence electrons. The standard InChI is InChI=1S/C11H24N2O2/c1-5-10(6-2)13(7-8-14)9-11(15)12(3)4/h10,14H,5-9H2,1-4H3. The molecule has 0 unspecified atom stereocenters. The van der Waals surface area contributed by atoms with Crippen molar-refractivity contribution >= 4 is 5.91 Å². The van der Waals surface area contributed by atoms with Crippen LogP contribution in [0.3, 0.4) is 0 Å². The van der Waals surface area contributed by atoms with E-state index in [1.807, 2.05) is 0 Å². The maximum Gasteiger partial charge on any atom is 0.236 e. The van der Waals surface area contributed by atoms with Crippen molar-refractivity contribution in [3.63, 3.8) is 0 Å². The highest BCUT2D eigenvalue weighted by atomic mass is 16.3. The van der Waals surface area contributed by atoms with E-state index in [2.05, 4.69) is 18.7 Å². The van der Waals surface area contributed by atoms with Gasteiger partial charge < -0.3 is 10.0 Å². The lowest BCUT2D eigenvalue weighted by Gasteiger charge is -2.30. The summed E-state index contributed by atoms with van der Waals surface area (Å²) >= 11 is 0. The Hall–Kier alpha value is -0.610. The highest BCUT2D eigenvalue weighted by molar-refractivity contribution is 5.77. The number of aliphatic hydroxyl groups excluding tert-OH is 1. The molecule has 0 aromatic heterocycles. The van der Waals surface area contributed by atoms with E-state index in [1.54, 1.807) is 19.0 Å². The average molecular weight is 216 g/mol. The molecule has 4 nitrogen and oxygen atoms in total. The van der Waals surface area contributed by atoms with E-state index in [1.165, 1.54) is 0 Å². The summed E-state index contributed by atoms with van der Waals surface area (Å²) in [5, 5.41) is 8.96. The third-order valence-electron chi connectivity index (χ3n) is 2.68. The Morgan fingerprint density at radius 1 is 1.27 bits per heavy atom. The maximum atomic E-state index is 11.6. The van der Waals surface area contributed by atoms with Crippen LogP contribution in [0.25, 0.3) is 0 Å². The zero-order chi connectivity index (χ0) is 11.8. The van der Waals surface area contributed by atoms with E-state index in [4.69, 9.17) is 5.11 Å². The number of hydrogen-bond acceptors (Lipinski definition) is 3. The Balaban J connectivity index is 4.31. The second-order valence-corrected chi connectivity index (χ2v) is 3.95. The first-order valence-corrected chi connectivity index (χ1v) is 5.61. The van der Waals surface area contributed by atoms with Crippen LogP contribution in [-0.2, 0) is 4.79 Å². The van der Waals surface area contributed by atoms with Crippen molar-refractivity contribution < 1.29 is 9.90 Å². The molecule has 0 atom stereocenters. The molecule has 0 saturated heterocycles. The molecule has 0 aliphatic rings. The van der Waals surface area contributed by atoms with Crippen molar-refractivity contribution in [2.75, 3.05) is 33.8 Å². The number of hydrogen-bond donors (Lipinski definition) is 1. The first-order valence-electron chi connectivity index (χ1n) is 5.61. The molecule has 0 aliphatic heterocycles. The Kier molecular flexibility index (Phi) is 7.34. The molecule has 0 aliphatic carbocycles. The molecule has 0 fully saturated rings. The van der Waals surface area contributed by atoms with Gasteiger partial charge in [0.2, 0.25) is 5.91 Å². The Labute approximate surface area is 92.9 Å². The second kappa shape index (κ2) is 7.65. The van der Waals surface area contributed by atoms with Crippen molar-refractivity contribution in [1.29, 1.82) is 0 Å². The van der Waals surface area contributed by atoms with Crippen LogP contribution in [0.15, 0.2) is 0 Å². The quantitative estimate of drug-likeness (QED) is 0.676. The van der Waals surface area contributed by atoms with Gasteiger partial charge in [-0.05, 0) is 12.8 Å². The zero-order valence-corrected chi connectivity index (χ0v) is 10.4. The summed E-state index contributed by atoms with van der Waals surface area (Å²) in [5.41, 5.74) is 0. The van der Waals surface area contributed by atoms with Crippen LogP contribution >= 0.6 is 0 Å². The van der Waals surface area contributed by atoms with Crippen molar-refractivity contribution in [3.8, 4) is 0 Å². The molecule has 0 rings (SSSR count). The average Bonchev–Trinajstić information content (AvgIpc) is 2.19. The van der Waals surface area contributed by atoms with E-state index in [0.717, 1.165) is 12.8 Å². The SMILES string of the molecule is CCC(CC)N(CCO)CC(=O)N(C)C. The van der Waals surface area contributed by atoms with Gasteiger partial charge in [0.05, 0.1) is 13.2 Å². The van der Waals surface area contributed by atoms with Crippen LogP contribution in [0.1, 0.15) is 26.7 Å².